The minimum Gasteiger partial charge on any atom is -0.353 e. The van der Waals surface area contributed by atoms with Gasteiger partial charge in [-0.2, -0.15) is 0 Å². The van der Waals surface area contributed by atoms with Crippen LogP contribution in [-0.4, -0.2) is 38.4 Å². The minimum absolute atomic E-state index is 0.0437. The first-order chi connectivity index (χ1) is 15.4. The van der Waals surface area contributed by atoms with Crippen LogP contribution < -0.4 is 10.6 Å². The van der Waals surface area contributed by atoms with Crippen LogP contribution in [0.15, 0.2) is 29.4 Å². The Bertz CT molecular complexity index is 904. The summed E-state index contributed by atoms with van der Waals surface area (Å²) in [6.07, 6.45) is 5.79. The lowest BCUT2D eigenvalue weighted by Crippen LogP contribution is -2.37. The predicted molar refractivity (Wildman–Crippen MR) is 128 cm³/mol. The molecule has 2 N–H and O–H groups in total. The zero-order valence-electron chi connectivity index (χ0n) is 19.6. The molecule has 1 saturated carbocycles. The summed E-state index contributed by atoms with van der Waals surface area (Å²) in [4.78, 5) is 25.2. The Morgan fingerprint density at radius 1 is 1.12 bits per heavy atom. The van der Waals surface area contributed by atoms with Crippen LogP contribution in [0.5, 0.6) is 0 Å². The van der Waals surface area contributed by atoms with Crippen LogP contribution in [0.3, 0.4) is 0 Å². The van der Waals surface area contributed by atoms with Gasteiger partial charge < -0.3 is 15.2 Å². The predicted octanol–water partition coefficient (Wildman–Crippen LogP) is 4.27. The van der Waals surface area contributed by atoms with Crippen molar-refractivity contribution in [1.82, 2.24) is 25.4 Å². The molecule has 1 atom stereocenters. The summed E-state index contributed by atoms with van der Waals surface area (Å²) in [6, 6.07) is 7.56. The van der Waals surface area contributed by atoms with Crippen molar-refractivity contribution in [2.75, 3.05) is 5.75 Å². The number of carbonyl (C=O) groups is 2. The van der Waals surface area contributed by atoms with Crippen LogP contribution in [0, 0.1) is 12.8 Å². The number of hydrogen-bond acceptors (Lipinski definition) is 5. The second kappa shape index (κ2) is 11.5. The molecule has 32 heavy (non-hydrogen) atoms. The molecule has 1 fully saturated rings. The Hall–Kier alpha value is -2.35. The topological polar surface area (TPSA) is 88.9 Å². The van der Waals surface area contributed by atoms with E-state index < -0.39 is 0 Å². The molecule has 1 aromatic heterocycles. The third kappa shape index (κ3) is 6.34. The molecular formula is C24H35N5O2S. The molecule has 1 aromatic carbocycles. The fourth-order valence-corrected chi connectivity index (χ4v) is 4.86. The number of hydrogen-bond donors (Lipinski definition) is 2. The largest absolute Gasteiger partial charge is 0.353 e. The summed E-state index contributed by atoms with van der Waals surface area (Å²) in [5, 5.41) is 15.7. The fraction of sp³-hybridized carbons (Fsp3) is 0.583. The number of aryl methyl sites for hydroxylation is 1. The van der Waals surface area contributed by atoms with Gasteiger partial charge in [0.1, 0.15) is 0 Å². The fourth-order valence-electron chi connectivity index (χ4n) is 4.04. The first-order valence-corrected chi connectivity index (χ1v) is 12.6. The Balaban J connectivity index is 1.67. The number of nitrogens with zero attached hydrogens (tertiary/aromatic N) is 3. The molecule has 0 aliphatic heterocycles. The van der Waals surface area contributed by atoms with E-state index in [1.165, 1.54) is 31.0 Å². The summed E-state index contributed by atoms with van der Waals surface area (Å²) in [5.41, 5.74) is 1.74. The van der Waals surface area contributed by atoms with Gasteiger partial charge in [0.2, 0.25) is 5.91 Å². The first-order valence-electron chi connectivity index (χ1n) is 11.6. The maximum Gasteiger partial charge on any atom is 0.251 e. The Morgan fingerprint density at radius 2 is 1.81 bits per heavy atom. The highest BCUT2D eigenvalue weighted by molar-refractivity contribution is 7.99. The number of aromatic nitrogens is 3. The standard InChI is InChI=1S/C24H35N5O2S/c1-5-29-22(21(16(2)3)26-23(31)18-13-11-17(4)12-14-18)27-28-24(29)32-15-20(30)25-19-9-7-6-8-10-19/h11-14,16,19,21H,5-10,15H2,1-4H3,(H,25,30)(H,26,31)/t21-/m0/s1. The first kappa shape index (κ1) is 24.3. The van der Waals surface area contributed by atoms with Crippen LogP contribution in [0.4, 0.5) is 0 Å². The number of nitrogens with one attached hydrogen (secondary N) is 2. The summed E-state index contributed by atoms with van der Waals surface area (Å²) in [7, 11) is 0. The average Bonchev–Trinajstić information content (AvgIpc) is 3.19. The number of benzene rings is 1. The van der Waals surface area contributed by atoms with Gasteiger partial charge in [-0.05, 0) is 44.7 Å². The summed E-state index contributed by atoms with van der Waals surface area (Å²) >= 11 is 1.40. The quantitative estimate of drug-likeness (QED) is 0.549. The molecule has 174 valence electrons. The SMILES string of the molecule is CCn1c(SCC(=O)NC2CCCCC2)nnc1[C@@H](NC(=O)c1ccc(C)cc1)C(C)C. The Morgan fingerprint density at radius 3 is 2.44 bits per heavy atom. The Labute approximate surface area is 195 Å². The molecule has 0 saturated heterocycles. The van der Waals surface area contributed by atoms with Gasteiger partial charge in [-0.3, -0.25) is 9.59 Å². The van der Waals surface area contributed by atoms with Crippen molar-refractivity contribution in [3.05, 3.63) is 41.2 Å². The van der Waals surface area contributed by atoms with Crippen LogP contribution in [0.1, 0.15) is 80.7 Å². The van der Waals surface area contributed by atoms with Crippen molar-refractivity contribution < 1.29 is 9.59 Å². The smallest absolute Gasteiger partial charge is 0.251 e. The van der Waals surface area contributed by atoms with E-state index in [1.54, 1.807) is 0 Å². The van der Waals surface area contributed by atoms with E-state index in [9.17, 15) is 9.59 Å². The van der Waals surface area contributed by atoms with E-state index in [0.717, 1.165) is 24.2 Å². The second-order valence-electron chi connectivity index (χ2n) is 8.84. The molecule has 3 rings (SSSR count). The van der Waals surface area contributed by atoms with Crippen molar-refractivity contribution in [3.8, 4) is 0 Å². The van der Waals surface area contributed by atoms with E-state index in [-0.39, 0.29) is 23.8 Å². The van der Waals surface area contributed by atoms with E-state index in [0.29, 0.717) is 29.1 Å². The highest BCUT2D eigenvalue weighted by Crippen LogP contribution is 2.26. The van der Waals surface area contributed by atoms with Crippen molar-refractivity contribution in [1.29, 1.82) is 0 Å². The van der Waals surface area contributed by atoms with Gasteiger partial charge >= 0.3 is 0 Å². The highest BCUT2D eigenvalue weighted by atomic mass is 32.2. The lowest BCUT2D eigenvalue weighted by Gasteiger charge is -2.23. The Kier molecular flexibility index (Phi) is 8.73. The maximum absolute atomic E-state index is 12.8. The molecule has 0 bridgehead atoms. The van der Waals surface area contributed by atoms with Crippen molar-refractivity contribution in [3.63, 3.8) is 0 Å². The van der Waals surface area contributed by atoms with Gasteiger partial charge in [0.15, 0.2) is 11.0 Å². The van der Waals surface area contributed by atoms with Crippen molar-refractivity contribution in [2.45, 2.75) is 83.6 Å². The van der Waals surface area contributed by atoms with Gasteiger partial charge in [-0.15, -0.1) is 10.2 Å². The normalized spacial score (nSPS) is 15.5. The maximum atomic E-state index is 12.8. The van der Waals surface area contributed by atoms with Gasteiger partial charge in [-0.25, -0.2) is 0 Å². The highest BCUT2D eigenvalue weighted by Gasteiger charge is 2.26. The third-order valence-electron chi connectivity index (χ3n) is 5.91. The minimum atomic E-state index is -0.276. The van der Waals surface area contributed by atoms with E-state index in [1.807, 2.05) is 42.7 Å². The average molecular weight is 458 g/mol. The van der Waals surface area contributed by atoms with E-state index in [2.05, 4.69) is 34.7 Å². The van der Waals surface area contributed by atoms with Gasteiger partial charge in [0.25, 0.3) is 5.91 Å². The van der Waals surface area contributed by atoms with E-state index >= 15 is 0 Å². The lowest BCUT2D eigenvalue weighted by molar-refractivity contribution is -0.119. The van der Waals surface area contributed by atoms with Gasteiger partial charge in [0.05, 0.1) is 11.8 Å². The molecule has 1 aliphatic rings. The van der Waals surface area contributed by atoms with Crippen LogP contribution >= 0.6 is 11.8 Å². The summed E-state index contributed by atoms with van der Waals surface area (Å²) in [5.74, 6) is 1.08. The molecule has 8 heteroatoms. The second-order valence-corrected chi connectivity index (χ2v) is 9.78. The zero-order valence-corrected chi connectivity index (χ0v) is 20.4. The molecule has 2 amide bonds. The van der Waals surface area contributed by atoms with Crippen LogP contribution in [0.25, 0.3) is 0 Å². The molecule has 1 heterocycles. The lowest BCUT2D eigenvalue weighted by atomic mass is 9.95. The molecular weight excluding hydrogens is 422 g/mol. The van der Waals surface area contributed by atoms with E-state index in [4.69, 9.17) is 0 Å². The van der Waals surface area contributed by atoms with Crippen molar-refractivity contribution in [2.24, 2.45) is 5.92 Å². The molecule has 0 radical (unpaired) electrons. The zero-order chi connectivity index (χ0) is 23.1. The van der Waals surface area contributed by atoms with Gasteiger partial charge in [-0.1, -0.05) is 62.6 Å². The monoisotopic (exact) mass is 457 g/mol. The summed E-state index contributed by atoms with van der Waals surface area (Å²) in [6.45, 7) is 8.80. The number of amides is 2. The van der Waals surface area contributed by atoms with Gasteiger partial charge in [0, 0.05) is 18.2 Å². The molecule has 2 aromatic rings. The molecule has 0 spiro atoms. The molecule has 0 unspecified atom stereocenters. The molecule has 7 nitrogen and oxygen atoms in total. The molecule has 1 aliphatic carbocycles. The van der Waals surface area contributed by atoms with Crippen LogP contribution in [0.2, 0.25) is 0 Å². The van der Waals surface area contributed by atoms with Crippen LogP contribution in [-0.2, 0) is 11.3 Å². The number of rotatable bonds is 9. The third-order valence-corrected chi connectivity index (χ3v) is 6.88. The summed E-state index contributed by atoms with van der Waals surface area (Å²) < 4.78 is 2.00. The van der Waals surface area contributed by atoms with Crippen molar-refractivity contribution >= 4 is 23.6 Å². The number of carbonyl (C=O) groups excluding carboxylic acids is 2. The number of thioether (sulfide) groups is 1.